The van der Waals surface area contributed by atoms with Gasteiger partial charge in [-0.05, 0) is 25.1 Å². The number of tetrazole rings is 1. The van der Waals surface area contributed by atoms with E-state index in [0.29, 0.717) is 29.5 Å². The Balaban J connectivity index is 2.05. The number of nitrogens with zero attached hydrogens (tertiary/aromatic N) is 3. The minimum absolute atomic E-state index is 0.199. The molecule has 8 heteroatoms. The first kappa shape index (κ1) is 13.8. The molecule has 0 saturated heterocycles. The van der Waals surface area contributed by atoms with Crippen molar-refractivity contribution in [1.82, 2.24) is 25.9 Å². The Morgan fingerprint density at radius 2 is 2.25 bits per heavy atom. The maximum Gasteiger partial charge on any atom is 0.251 e. The molecule has 106 valence electrons. The van der Waals surface area contributed by atoms with Gasteiger partial charge in [0.25, 0.3) is 5.91 Å². The highest BCUT2D eigenvalue weighted by Crippen LogP contribution is 2.27. The maximum atomic E-state index is 12.0. The number of carbonyl (C=O) groups excluding carboxylic acids is 1. The number of hydrogen-bond acceptors (Lipinski definition) is 6. The lowest BCUT2D eigenvalue weighted by atomic mass is 10.2. The van der Waals surface area contributed by atoms with E-state index in [2.05, 4.69) is 25.9 Å². The van der Waals surface area contributed by atoms with Gasteiger partial charge < -0.3 is 14.8 Å². The van der Waals surface area contributed by atoms with Crippen LogP contribution in [-0.2, 0) is 6.54 Å². The minimum atomic E-state index is -0.254. The molecule has 0 aliphatic carbocycles. The first-order chi connectivity index (χ1) is 9.74. The number of methoxy groups -OCH3 is 1. The Labute approximate surface area is 115 Å². The molecule has 0 saturated carbocycles. The number of hydrogen-bond donors (Lipinski definition) is 2. The van der Waals surface area contributed by atoms with Crippen LogP contribution >= 0.6 is 0 Å². The van der Waals surface area contributed by atoms with E-state index < -0.39 is 0 Å². The van der Waals surface area contributed by atoms with Crippen molar-refractivity contribution in [2.45, 2.75) is 13.5 Å². The average Bonchev–Trinajstić information content (AvgIpc) is 2.98. The molecular formula is C12H15N5O3. The summed E-state index contributed by atoms with van der Waals surface area (Å²) >= 11 is 0. The highest BCUT2D eigenvalue weighted by atomic mass is 16.5. The molecule has 0 bridgehead atoms. The zero-order valence-corrected chi connectivity index (χ0v) is 11.2. The van der Waals surface area contributed by atoms with Crippen LogP contribution in [0.1, 0.15) is 23.1 Å². The van der Waals surface area contributed by atoms with Crippen molar-refractivity contribution in [1.29, 1.82) is 0 Å². The summed E-state index contributed by atoms with van der Waals surface area (Å²) in [6, 6.07) is 4.99. The van der Waals surface area contributed by atoms with Crippen molar-refractivity contribution in [3.8, 4) is 11.5 Å². The van der Waals surface area contributed by atoms with Gasteiger partial charge in [0, 0.05) is 5.56 Å². The smallest absolute Gasteiger partial charge is 0.251 e. The molecule has 2 N–H and O–H groups in total. The fourth-order valence-electron chi connectivity index (χ4n) is 1.60. The monoisotopic (exact) mass is 277 g/mol. The van der Waals surface area contributed by atoms with Crippen LogP contribution in [0.4, 0.5) is 0 Å². The zero-order chi connectivity index (χ0) is 14.4. The number of nitrogens with one attached hydrogen (secondary N) is 2. The van der Waals surface area contributed by atoms with Gasteiger partial charge in [0.05, 0.1) is 20.3 Å². The lowest BCUT2D eigenvalue weighted by Gasteiger charge is -2.10. The van der Waals surface area contributed by atoms with Gasteiger partial charge in [-0.3, -0.25) is 4.79 Å². The van der Waals surface area contributed by atoms with Gasteiger partial charge in [-0.1, -0.05) is 5.21 Å². The number of H-pyrrole nitrogens is 1. The summed E-state index contributed by atoms with van der Waals surface area (Å²) < 4.78 is 10.6. The highest BCUT2D eigenvalue weighted by Gasteiger charge is 2.11. The van der Waals surface area contributed by atoms with Gasteiger partial charge in [-0.15, -0.1) is 10.2 Å². The van der Waals surface area contributed by atoms with Gasteiger partial charge in [0.15, 0.2) is 17.3 Å². The second kappa shape index (κ2) is 6.50. The van der Waals surface area contributed by atoms with Crippen LogP contribution < -0.4 is 14.8 Å². The lowest BCUT2D eigenvalue weighted by molar-refractivity contribution is 0.0949. The molecule has 0 fully saturated rings. The first-order valence-corrected chi connectivity index (χ1v) is 6.06. The Morgan fingerprint density at radius 3 is 2.90 bits per heavy atom. The zero-order valence-electron chi connectivity index (χ0n) is 11.2. The molecule has 1 heterocycles. The van der Waals surface area contributed by atoms with E-state index in [1.807, 2.05) is 6.92 Å². The molecule has 0 aliphatic heterocycles. The third-order valence-corrected chi connectivity index (χ3v) is 2.52. The number of ether oxygens (including phenoxy) is 2. The van der Waals surface area contributed by atoms with Crippen molar-refractivity contribution >= 4 is 5.91 Å². The van der Waals surface area contributed by atoms with Crippen LogP contribution in [-0.4, -0.2) is 40.2 Å². The Bertz CT molecular complexity index is 570. The predicted molar refractivity (Wildman–Crippen MR) is 69.5 cm³/mol. The van der Waals surface area contributed by atoms with Crippen LogP contribution in [0.3, 0.4) is 0 Å². The topological polar surface area (TPSA) is 102 Å². The molecular weight excluding hydrogens is 262 g/mol. The molecule has 0 aliphatic rings. The summed E-state index contributed by atoms with van der Waals surface area (Å²) in [6.45, 7) is 2.61. The standard InChI is InChI=1S/C12H15N5O3/c1-3-20-9-5-4-8(6-10(9)19-2)12(18)13-7-11-14-16-17-15-11/h4-6H,3,7H2,1-2H3,(H,13,18)(H,14,15,16,17). The third-order valence-electron chi connectivity index (χ3n) is 2.52. The van der Waals surface area contributed by atoms with Crippen LogP contribution in [0, 0.1) is 0 Å². The molecule has 20 heavy (non-hydrogen) atoms. The molecule has 0 spiro atoms. The fourth-order valence-corrected chi connectivity index (χ4v) is 1.60. The van der Waals surface area contributed by atoms with E-state index in [9.17, 15) is 4.79 Å². The normalized spacial score (nSPS) is 10.1. The highest BCUT2D eigenvalue weighted by molar-refractivity contribution is 5.94. The van der Waals surface area contributed by atoms with E-state index in [1.54, 1.807) is 18.2 Å². The van der Waals surface area contributed by atoms with Crippen molar-refractivity contribution in [3.05, 3.63) is 29.6 Å². The largest absolute Gasteiger partial charge is 0.493 e. The summed E-state index contributed by atoms with van der Waals surface area (Å²) in [5, 5.41) is 15.9. The fraction of sp³-hybridized carbons (Fsp3) is 0.333. The van der Waals surface area contributed by atoms with E-state index in [1.165, 1.54) is 7.11 Å². The van der Waals surface area contributed by atoms with Crippen LogP contribution in [0.5, 0.6) is 11.5 Å². The summed E-state index contributed by atoms with van der Waals surface area (Å²) in [5.74, 6) is 1.27. The number of aromatic amines is 1. The van der Waals surface area contributed by atoms with Gasteiger partial charge >= 0.3 is 0 Å². The van der Waals surface area contributed by atoms with Crippen LogP contribution in [0.15, 0.2) is 18.2 Å². The third kappa shape index (κ3) is 3.22. The van der Waals surface area contributed by atoms with Gasteiger partial charge in [0.1, 0.15) is 0 Å². The van der Waals surface area contributed by atoms with Gasteiger partial charge in [-0.25, -0.2) is 0 Å². The predicted octanol–water partition coefficient (Wildman–Crippen LogP) is 0.537. The molecule has 0 radical (unpaired) electrons. The second-order valence-corrected chi connectivity index (χ2v) is 3.81. The summed E-state index contributed by atoms with van der Waals surface area (Å²) in [7, 11) is 1.53. The van der Waals surface area contributed by atoms with E-state index >= 15 is 0 Å². The summed E-state index contributed by atoms with van der Waals surface area (Å²) in [4.78, 5) is 12.0. The number of rotatable bonds is 6. The van der Waals surface area contributed by atoms with Crippen molar-refractivity contribution < 1.29 is 14.3 Å². The molecule has 2 rings (SSSR count). The molecule has 1 aromatic heterocycles. The van der Waals surface area contributed by atoms with Crippen LogP contribution in [0.25, 0.3) is 0 Å². The molecule has 8 nitrogen and oxygen atoms in total. The van der Waals surface area contributed by atoms with Crippen LogP contribution in [0.2, 0.25) is 0 Å². The summed E-state index contributed by atoms with van der Waals surface area (Å²) in [6.07, 6.45) is 0. The van der Waals surface area contributed by atoms with Gasteiger partial charge in [-0.2, -0.15) is 5.21 Å². The first-order valence-electron chi connectivity index (χ1n) is 6.06. The molecule has 0 atom stereocenters. The number of amides is 1. The van der Waals surface area contributed by atoms with Crippen molar-refractivity contribution in [2.24, 2.45) is 0 Å². The van der Waals surface area contributed by atoms with E-state index in [-0.39, 0.29) is 12.5 Å². The second-order valence-electron chi connectivity index (χ2n) is 3.81. The quantitative estimate of drug-likeness (QED) is 0.799. The van der Waals surface area contributed by atoms with Gasteiger partial charge in [0.2, 0.25) is 0 Å². The molecule has 1 aromatic carbocycles. The van der Waals surface area contributed by atoms with Crippen molar-refractivity contribution in [3.63, 3.8) is 0 Å². The summed E-state index contributed by atoms with van der Waals surface area (Å²) in [5.41, 5.74) is 0.466. The molecule has 0 unspecified atom stereocenters. The Kier molecular flexibility index (Phi) is 4.48. The lowest BCUT2D eigenvalue weighted by Crippen LogP contribution is -2.23. The van der Waals surface area contributed by atoms with Crippen molar-refractivity contribution in [2.75, 3.05) is 13.7 Å². The molecule has 2 aromatic rings. The number of carbonyl (C=O) groups is 1. The Morgan fingerprint density at radius 1 is 1.40 bits per heavy atom. The molecule has 1 amide bonds. The van der Waals surface area contributed by atoms with E-state index in [4.69, 9.17) is 9.47 Å². The average molecular weight is 277 g/mol. The maximum absolute atomic E-state index is 12.0. The Hall–Kier alpha value is -2.64. The number of benzene rings is 1. The SMILES string of the molecule is CCOc1ccc(C(=O)NCc2nn[nH]n2)cc1OC. The van der Waals surface area contributed by atoms with E-state index in [0.717, 1.165) is 0 Å². The minimum Gasteiger partial charge on any atom is -0.493 e. The number of aromatic nitrogens is 4.